The zero-order chi connectivity index (χ0) is 15.9. The Labute approximate surface area is 137 Å². The maximum absolute atomic E-state index is 5.98. The molecule has 22 heavy (non-hydrogen) atoms. The van der Waals surface area contributed by atoms with Gasteiger partial charge in [0.2, 0.25) is 0 Å². The van der Waals surface area contributed by atoms with Crippen LogP contribution < -0.4 is 15.2 Å². The number of aryl methyl sites for hydroxylation is 2. The van der Waals surface area contributed by atoms with Crippen LogP contribution in [0, 0.1) is 13.8 Å². The van der Waals surface area contributed by atoms with Crippen LogP contribution in [0.25, 0.3) is 0 Å². The fraction of sp³-hybridized carbons (Fsp3) is 0.333. The molecule has 2 aromatic carbocycles. The van der Waals surface area contributed by atoms with Crippen LogP contribution in [0.2, 0.25) is 5.02 Å². The van der Waals surface area contributed by atoms with Crippen molar-refractivity contribution in [2.75, 3.05) is 18.9 Å². The maximum Gasteiger partial charge on any atom is 0.124 e. The zero-order valence-corrected chi connectivity index (χ0v) is 13.8. The van der Waals surface area contributed by atoms with Crippen LogP contribution in [0.15, 0.2) is 36.4 Å². The molecule has 0 spiro atoms. The van der Waals surface area contributed by atoms with Crippen LogP contribution >= 0.6 is 11.6 Å². The quantitative estimate of drug-likeness (QED) is 0.590. The largest absolute Gasteiger partial charge is 0.494 e. The van der Waals surface area contributed by atoms with Crippen molar-refractivity contribution in [2.24, 2.45) is 0 Å². The molecule has 0 unspecified atom stereocenters. The minimum atomic E-state index is 0.660. The molecule has 4 heteroatoms. The Hall–Kier alpha value is -1.87. The summed E-state index contributed by atoms with van der Waals surface area (Å²) in [7, 11) is 0. The Morgan fingerprint density at radius 2 is 1.64 bits per heavy atom. The topological polar surface area (TPSA) is 44.5 Å². The van der Waals surface area contributed by atoms with Crippen molar-refractivity contribution in [1.29, 1.82) is 0 Å². The lowest BCUT2D eigenvalue weighted by Gasteiger charge is -2.10. The van der Waals surface area contributed by atoms with Crippen LogP contribution in [0.5, 0.6) is 11.5 Å². The van der Waals surface area contributed by atoms with Crippen molar-refractivity contribution in [2.45, 2.75) is 26.7 Å². The second-order valence-corrected chi connectivity index (χ2v) is 5.75. The Kier molecular flexibility index (Phi) is 5.96. The molecule has 3 nitrogen and oxygen atoms in total. The lowest BCUT2D eigenvalue weighted by atomic mass is 10.2. The van der Waals surface area contributed by atoms with E-state index in [9.17, 15) is 0 Å². The molecule has 0 aliphatic heterocycles. The van der Waals surface area contributed by atoms with E-state index in [1.807, 2.05) is 50.2 Å². The van der Waals surface area contributed by atoms with Gasteiger partial charge in [-0.25, -0.2) is 0 Å². The second-order valence-electron chi connectivity index (χ2n) is 5.34. The fourth-order valence-electron chi connectivity index (χ4n) is 2.06. The van der Waals surface area contributed by atoms with Crippen LogP contribution in [0.1, 0.15) is 24.0 Å². The lowest BCUT2D eigenvalue weighted by Crippen LogP contribution is -2.03. The standard InChI is InChI=1S/C18H22ClNO2/c1-13-5-6-15(20)12-18(13)22-10-4-3-9-21-16-7-8-17(19)14(2)11-16/h5-8,11-12H,3-4,9-10,20H2,1-2H3. The Balaban J connectivity index is 1.67. The zero-order valence-electron chi connectivity index (χ0n) is 13.1. The Morgan fingerprint density at radius 1 is 0.909 bits per heavy atom. The number of anilines is 1. The summed E-state index contributed by atoms with van der Waals surface area (Å²) in [5, 5.41) is 0.762. The molecule has 2 rings (SSSR count). The van der Waals surface area contributed by atoms with Crippen LogP contribution in [-0.2, 0) is 0 Å². The minimum absolute atomic E-state index is 0.660. The van der Waals surface area contributed by atoms with Gasteiger partial charge in [0, 0.05) is 16.8 Å². The number of ether oxygens (including phenoxy) is 2. The first-order valence-electron chi connectivity index (χ1n) is 7.44. The summed E-state index contributed by atoms with van der Waals surface area (Å²) < 4.78 is 11.5. The van der Waals surface area contributed by atoms with E-state index in [0.717, 1.165) is 46.2 Å². The fourth-order valence-corrected chi connectivity index (χ4v) is 2.17. The van der Waals surface area contributed by atoms with E-state index < -0.39 is 0 Å². The third kappa shape index (κ3) is 4.85. The molecule has 0 aliphatic carbocycles. The summed E-state index contributed by atoms with van der Waals surface area (Å²) in [6.07, 6.45) is 1.86. The highest BCUT2D eigenvalue weighted by atomic mass is 35.5. The molecule has 0 saturated heterocycles. The molecule has 0 amide bonds. The van der Waals surface area contributed by atoms with E-state index >= 15 is 0 Å². The molecule has 0 saturated carbocycles. The molecule has 0 radical (unpaired) electrons. The average molecular weight is 320 g/mol. The van der Waals surface area contributed by atoms with E-state index in [1.165, 1.54) is 0 Å². The first-order valence-corrected chi connectivity index (χ1v) is 7.82. The highest BCUT2D eigenvalue weighted by molar-refractivity contribution is 6.31. The third-order valence-corrected chi connectivity index (χ3v) is 3.83. The van der Waals surface area contributed by atoms with Gasteiger partial charge >= 0.3 is 0 Å². The highest BCUT2D eigenvalue weighted by Gasteiger charge is 2.01. The molecule has 2 N–H and O–H groups in total. The van der Waals surface area contributed by atoms with Gasteiger partial charge in [0.15, 0.2) is 0 Å². The maximum atomic E-state index is 5.98. The number of rotatable bonds is 7. The van der Waals surface area contributed by atoms with Crippen LogP contribution in [-0.4, -0.2) is 13.2 Å². The number of nitrogens with two attached hydrogens (primary N) is 1. The van der Waals surface area contributed by atoms with Gasteiger partial charge in [0.05, 0.1) is 13.2 Å². The second kappa shape index (κ2) is 7.95. The number of hydrogen-bond acceptors (Lipinski definition) is 3. The molecule has 2 aromatic rings. The molecule has 0 fully saturated rings. The summed E-state index contributed by atoms with van der Waals surface area (Å²) in [5.41, 5.74) is 8.61. The van der Waals surface area contributed by atoms with Gasteiger partial charge in [0.1, 0.15) is 11.5 Å². The van der Waals surface area contributed by atoms with Gasteiger partial charge in [0.25, 0.3) is 0 Å². The van der Waals surface area contributed by atoms with E-state index in [2.05, 4.69) is 0 Å². The minimum Gasteiger partial charge on any atom is -0.494 e. The van der Waals surface area contributed by atoms with Crippen molar-refractivity contribution in [3.05, 3.63) is 52.5 Å². The molecule has 0 aromatic heterocycles. The van der Waals surface area contributed by atoms with Crippen molar-refractivity contribution in [1.82, 2.24) is 0 Å². The number of hydrogen-bond donors (Lipinski definition) is 1. The molecule has 0 aliphatic rings. The van der Waals surface area contributed by atoms with Crippen molar-refractivity contribution in [3.8, 4) is 11.5 Å². The van der Waals surface area contributed by atoms with Crippen molar-refractivity contribution >= 4 is 17.3 Å². The monoisotopic (exact) mass is 319 g/mol. The summed E-state index contributed by atoms with van der Waals surface area (Å²) >= 11 is 5.98. The lowest BCUT2D eigenvalue weighted by molar-refractivity contribution is 0.265. The summed E-state index contributed by atoms with van der Waals surface area (Å²) in [6.45, 7) is 5.31. The van der Waals surface area contributed by atoms with E-state index in [0.29, 0.717) is 13.2 Å². The van der Waals surface area contributed by atoms with Gasteiger partial charge in [-0.05, 0) is 62.1 Å². The number of nitrogen functional groups attached to an aromatic ring is 1. The molecule has 0 bridgehead atoms. The third-order valence-electron chi connectivity index (χ3n) is 3.41. The summed E-state index contributed by atoms with van der Waals surface area (Å²) in [5.74, 6) is 1.71. The van der Waals surface area contributed by atoms with Crippen molar-refractivity contribution < 1.29 is 9.47 Å². The number of halogens is 1. The normalized spacial score (nSPS) is 10.5. The summed E-state index contributed by atoms with van der Waals surface area (Å²) in [6, 6.07) is 11.4. The molecular formula is C18H22ClNO2. The predicted molar refractivity (Wildman–Crippen MR) is 92.0 cm³/mol. The first kappa shape index (κ1) is 16.5. The Bertz CT molecular complexity index is 628. The average Bonchev–Trinajstić information content (AvgIpc) is 2.49. The van der Waals surface area contributed by atoms with E-state index in [4.69, 9.17) is 26.8 Å². The van der Waals surface area contributed by atoms with Crippen molar-refractivity contribution in [3.63, 3.8) is 0 Å². The summed E-state index contributed by atoms with van der Waals surface area (Å²) in [4.78, 5) is 0. The van der Waals surface area contributed by atoms with E-state index in [-0.39, 0.29) is 0 Å². The smallest absolute Gasteiger partial charge is 0.124 e. The first-order chi connectivity index (χ1) is 10.6. The molecular weight excluding hydrogens is 298 g/mol. The molecule has 118 valence electrons. The van der Waals surface area contributed by atoms with Gasteiger partial charge in [-0.3, -0.25) is 0 Å². The van der Waals surface area contributed by atoms with Crippen LogP contribution in [0.3, 0.4) is 0 Å². The van der Waals surface area contributed by atoms with Gasteiger partial charge < -0.3 is 15.2 Å². The number of benzene rings is 2. The SMILES string of the molecule is Cc1cc(OCCCCOc2cc(N)ccc2C)ccc1Cl. The van der Waals surface area contributed by atoms with Gasteiger partial charge in [-0.2, -0.15) is 0 Å². The highest BCUT2D eigenvalue weighted by Crippen LogP contribution is 2.22. The van der Waals surface area contributed by atoms with Crippen LogP contribution in [0.4, 0.5) is 5.69 Å². The van der Waals surface area contributed by atoms with E-state index in [1.54, 1.807) is 0 Å². The molecule has 0 heterocycles. The molecule has 0 atom stereocenters. The number of unbranched alkanes of at least 4 members (excludes halogenated alkanes) is 1. The Morgan fingerprint density at radius 3 is 2.36 bits per heavy atom. The predicted octanol–water partition coefficient (Wildman–Crippen LogP) is 4.78. The van der Waals surface area contributed by atoms with Gasteiger partial charge in [-0.1, -0.05) is 17.7 Å². The van der Waals surface area contributed by atoms with Gasteiger partial charge in [-0.15, -0.1) is 0 Å².